The first-order valence-corrected chi connectivity index (χ1v) is 14.0. The van der Waals surface area contributed by atoms with Crippen LogP contribution < -0.4 is 0 Å². The molecule has 0 N–H and O–H groups in total. The van der Waals surface area contributed by atoms with Gasteiger partial charge in [0.1, 0.15) is 0 Å². The standard InChI is InChI=1S/C29H23NO3S2/c1-17-10-12-18(13-11-17)24-22-14-34-16-30(22)29(26(32)19-6-2-3-7-20(19)27(29)33)28(24)15-35-23-9-5-4-8-21(23)25(28)31/h2-13,22,24H,14-16H2,1H3/t22-,24-,28-/m1/s1. The molecule has 3 atom stereocenters. The molecule has 3 aromatic rings. The molecule has 0 radical (unpaired) electrons. The maximum Gasteiger partial charge on any atom is 0.192 e. The van der Waals surface area contributed by atoms with Crippen molar-refractivity contribution < 1.29 is 14.4 Å². The number of hydrogen-bond donors (Lipinski definition) is 0. The summed E-state index contributed by atoms with van der Waals surface area (Å²) in [5.74, 6) is 1.05. The summed E-state index contributed by atoms with van der Waals surface area (Å²) in [6.45, 7) is 2.05. The molecular weight excluding hydrogens is 474 g/mol. The predicted octanol–water partition coefficient (Wildman–Crippen LogP) is 5.26. The molecular formula is C29H23NO3S2. The lowest BCUT2D eigenvalue weighted by molar-refractivity contribution is 0.0340. The normalized spacial score (nSPS) is 28.5. The van der Waals surface area contributed by atoms with Gasteiger partial charge in [0.2, 0.25) is 0 Å². The van der Waals surface area contributed by atoms with Crippen molar-refractivity contribution in [3.63, 3.8) is 0 Å². The fraction of sp³-hybridized carbons (Fsp3) is 0.276. The van der Waals surface area contributed by atoms with Gasteiger partial charge >= 0.3 is 0 Å². The zero-order valence-electron chi connectivity index (χ0n) is 19.2. The minimum atomic E-state index is -1.52. The molecule has 3 aliphatic heterocycles. The molecule has 174 valence electrons. The monoisotopic (exact) mass is 497 g/mol. The highest BCUT2D eigenvalue weighted by atomic mass is 32.2. The van der Waals surface area contributed by atoms with Gasteiger partial charge in [0.15, 0.2) is 22.9 Å². The number of thioether (sulfide) groups is 2. The van der Waals surface area contributed by atoms with E-state index in [2.05, 4.69) is 29.2 Å². The Hall–Kier alpha value is -2.67. The number of nitrogens with zero attached hydrogens (tertiary/aromatic N) is 1. The number of fused-ring (bicyclic) bond motifs is 5. The summed E-state index contributed by atoms with van der Waals surface area (Å²) < 4.78 is 0. The van der Waals surface area contributed by atoms with Gasteiger partial charge < -0.3 is 0 Å². The summed E-state index contributed by atoms with van der Waals surface area (Å²) in [6, 6.07) is 23.0. The first-order valence-electron chi connectivity index (χ1n) is 11.9. The molecule has 2 fully saturated rings. The SMILES string of the molecule is Cc1ccc([C@@H]2[C@H]3CSCN3C3(C(=O)c4ccccc4C3=O)[C@]23CSc2ccccc2C3=O)cc1. The third-order valence-electron chi connectivity index (χ3n) is 8.41. The minimum absolute atomic E-state index is 0.0636. The van der Waals surface area contributed by atoms with E-state index in [1.807, 2.05) is 43.3 Å². The molecule has 3 aromatic carbocycles. The number of aryl methyl sites for hydroxylation is 1. The smallest absolute Gasteiger partial charge is 0.192 e. The predicted molar refractivity (Wildman–Crippen MR) is 139 cm³/mol. The van der Waals surface area contributed by atoms with E-state index in [0.717, 1.165) is 21.8 Å². The summed E-state index contributed by atoms with van der Waals surface area (Å²) >= 11 is 3.36. The molecule has 35 heavy (non-hydrogen) atoms. The number of carbonyl (C=O) groups excluding carboxylic acids is 3. The number of hydrogen-bond acceptors (Lipinski definition) is 6. The molecule has 0 bridgehead atoms. The van der Waals surface area contributed by atoms with Crippen LogP contribution in [0, 0.1) is 12.3 Å². The number of ketones is 3. The van der Waals surface area contributed by atoms with Crippen molar-refractivity contribution in [3.05, 3.63) is 101 Å². The van der Waals surface area contributed by atoms with E-state index in [0.29, 0.717) is 28.3 Å². The van der Waals surface area contributed by atoms with Crippen LogP contribution in [0.25, 0.3) is 0 Å². The zero-order valence-corrected chi connectivity index (χ0v) is 20.8. The first-order chi connectivity index (χ1) is 17.0. The second-order valence-electron chi connectivity index (χ2n) is 9.92. The second kappa shape index (κ2) is 7.42. The van der Waals surface area contributed by atoms with E-state index in [1.165, 1.54) is 0 Å². The van der Waals surface area contributed by atoms with Crippen LogP contribution in [0.5, 0.6) is 0 Å². The van der Waals surface area contributed by atoms with Crippen LogP contribution in [0.1, 0.15) is 48.1 Å². The largest absolute Gasteiger partial charge is 0.293 e. The molecule has 4 aliphatic rings. The van der Waals surface area contributed by atoms with Crippen LogP contribution in [0.15, 0.2) is 77.7 Å². The Morgan fingerprint density at radius 2 is 1.43 bits per heavy atom. The van der Waals surface area contributed by atoms with Crippen molar-refractivity contribution in [1.82, 2.24) is 4.90 Å². The second-order valence-corrected chi connectivity index (χ2v) is 11.9. The molecule has 3 heterocycles. The van der Waals surface area contributed by atoms with Gasteiger partial charge in [-0.25, -0.2) is 0 Å². The highest BCUT2D eigenvalue weighted by Crippen LogP contribution is 2.67. The fourth-order valence-electron chi connectivity index (χ4n) is 6.98. The summed E-state index contributed by atoms with van der Waals surface area (Å²) in [6.07, 6.45) is 0. The molecule has 6 heteroatoms. The Labute approximate surface area is 212 Å². The Morgan fingerprint density at radius 1 is 0.800 bits per heavy atom. The van der Waals surface area contributed by atoms with Crippen molar-refractivity contribution >= 4 is 40.9 Å². The molecule has 0 aromatic heterocycles. The van der Waals surface area contributed by atoms with Gasteiger partial charge in [-0.15, -0.1) is 23.5 Å². The summed E-state index contributed by atoms with van der Waals surface area (Å²) in [4.78, 5) is 46.8. The molecule has 2 saturated heterocycles. The van der Waals surface area contributed by atoms with E-state index >= 15 is 0 Å². The number of benzene rings is 3. The van der Waals surface area contributed by atoms with Crippen molar-refractivity contribution in [1.29, 1.82) is 0 Å². The molecule has 1 aliphatic carbocycles. The van der Waals surface area contributed by atoms with Crippen molar-refractivity contribution in [2.75, 3.05) is 17.4 Å². The van der Waals surface area contributed by atoms with Crippen molar-refractivity contribution in [3.8, 4) is 0 Å². The molecule has 0 saturated carbocycles. The molecule has 0 unspecified atom stereocenters. The van der Waals surface area contributed by atoms with Gasteiger partial charge in [-0.05, 0) is 18.6 Å². The molecule has 2 spiro atoms. The van der Waals surface area contributed by atoms with Crippen LogP contribution in [-0.4, -0.2) is 51.2 Å². The van der Waals surface area contributed by atoms with E-state index in [-0.39, 0.29) is 29.3 Å². The van der Waals surface area contributed by atoms with Crippen LogP contribution in [0.2, 0.25) is 0 Å². The Kier molecular flexibility index (Phi) is 4.58. The van der Waals surface area contributed by atoms with Crippen LogP contribution in [0.4, 0.5) is 0 Å². The number of Topliss-reactive ketones (excluding diaryl/α,β-unsaturated/α-hetero) is 3. The third kappa shape index (κ3) is 2.48. The van der Waals surface area contributed by atoms with E-state index in [4.69, 9.17) is 0 Å². The van der Waals surface area contributed by atoms with Gasteiger partial charge in [0.25, 0.3) is 0 Å². The topological polar surface area (TPSA) is 54.5 Å². The Bertz CT molecular complexity index is 1400. The lowest BCUT2D eigenvalue weighted by Crippen LogP contribution is -2.66. The highest BCUT2D eigenvalue weighted by molar-refractivity contribution is 7.99. The fourth-order valence-corrected chi connectivity index (χ4v) is 9.68. The maximum absolute atomic E-state index is 14.8. The molecule has 4 nitrogen and oxygen atoms in total. The summed E-state index contributed by atoms with van der Waals surface area (Å²) in [5.41, 5.74) is 1.02. The van der Waals surface area contributed by atoms with Gasteiger partial charge in [0.05, 0.1) is 5.41 Å². The molecule has 0 amide bonds. The van der Waals surface area contributed by atoms with Crippen LogP contribution in [-0.2, 0) is 0 Å². The van der Waals surface area contributed by atoms with Crippen molar-refractivity contribution in [2.45, 2.75) is 29.3 Å². The van der Waals surface area contributed by atoms with E-state index in [9.17, 15) is 14.4 Å². The van der Waals surface area contributed by atoms with Gasteiger partial charge in [-0.1, -0.05) is 72.3 Å². The van der Waals surface area contributed by atoms with E-state index in [1.54, 1.807) is 35.7 Å². The van der Waals surface area contributed by atoms with Crippen molar-refractivity contribution in [2.24, 2.45) is 5.41 Å². The average Bonchev–Trinajstić information content (AvgIpc) is 3.51. The maximum atomic E-state index is 14.8. The van der Waals surface area contributed by atoms with Gasteiger partial charge in [0, 0.05) is 50.9 Å². The molecule has 7 rings (SSSR count). The van der Waals surface area contributed by atoms with Gasteiger partial charge in [-0.3, -0.25) is 19.3 Å². The van der Waals surface area contributed by atoms with E-state index < -0.39 is 11.0 Å². The van der Waals surface area contributed by atoms with Crippen LogP contribution >= 0.6 is 23.5 Å². The lowest BCUT2D eigenvalue weighted by atomic mass is 9.58. The Morgan fingerprint density at radius 3 is 2.11 bits per heavy atom. The summed E-state index contributed by atoms with van der Waals surface area (Å²) in [5, 5.41) is 0. The zero-order chi connectivity index (χ0) is 23.9. The average molecular weight is 498 g/mol. The van der Waals surface area contributed by atoms with Crippen LogP contribution in [0.3, 0.4) is 0 Å². The number of rotatable bonds is 1. The number of carbonyl (C=O) groups is 3. The quantitative estimate of drug-likeness (QED) is 0.428. The van der Waals surface area contributed by atoms with Gasteiger partial charge in [-0.2, -0.15) is 0 Å². The lowest BCUT2D eigenvalue weighted by Gasteiger charge is -2.47. The first kappa shape index (κ1) is 21.6. The summed E-state index contributed by atoms with van der Waals surface area (Å²) in [7, 11) is 0. The minimum Gasteiger partial charge on any atom is -0.293 e. The highest BCUT2D eigenvalue weighted by Gasteiger charge is 2.80. The third-order valence-corrected chi connectivity index (χ3v) is 10.7. The Balaban J connectivity index is 1.56.